The van der Waals surface area contributed by atoms with Gasteiger partial charge in [-0.3, -0.25) is 9.59 Å². The molecular formula is C17H17N3O3. The average Bonchev–Trinajstić information content (AvgIpc) is 2.53. The van der Waals surface area contributed by atoms with Crippen molar-refractivity contribution in [2.45, 2.75) is 19.3 Å². The van der Waals surface area contributed by atoms with E-state index < -0.39 is 0 Å². The molecule has 6 nitrogen and oxygen atoms in total. The lowest BCUT2D eigenvalue weighted by Crippen LogP contribution is -2.23. The number of fused-ring (bicyclic) bond motifs is 1. The predicted octanol–water partition coefficient (Wildman–Crippen LogP) is 2.52. The number of benzene rings is 1. The molecular weight excluding hydrogens is 294 g/mol. The molecule has 0 aliphatic carbocycles. The van der Waals surface area contributed by atoms with Gasteiger partial charge in [0.15, 0.2) is 0 Å². The summed E-state index contributed by atoms with van der Waals surface area (Å²) in [5.74, 6) is 0.243. The fraction of sp³-hybridized carbons (Fsp3) is 0.235. The summed E-state index contributed by atoms with van der Waals surface area (Å²) in [6.07, 6.45) is 2.03. The SMILES string of the molecule is COc1cc(C2CC(=O)Nc3cc(NC(C)=O)ccc32)ccn1. The van der Waals surface area contributed by atoms with Crippen LogP contribution in [0.5, 0.6) is 5.88 Å². The summed E-state index contributed by atoms with van der Waals surface area (Å²) in [7, 11) is 1.56. The van der Waals surface area contributed by atoms with Crippen LogP contribution in [0.25, 0.3) is 0 Å². The summed E-state index contributed by atoms with van der Waals surface area (Å²) in [4.78, 5) is 27.3. The van der Waals surface area contributed by atoms with Crippen molar-refractivity contribution in [1.82, 2.24) is 4.98 Å². The number of ether oxygens (including phenoxy) is 1. The maximum atomic E-state index is 12.1. The van der Waals surface area contributed by atoms with E-state index in [9.17, 15) is 9.59 Å². The largest absolute Gasteiger partial charge is 0.481 e. The lowest BCUT2D eigenvalue weighted by molar-refractivity contribution is -0.116. The van der Waals surface area contributed by atoms with Crippen molar-refractivity contribution in [2.75, 3.05) is 17.7 Å². The third-order valence-electron chi connectivity index (χ3n) is 3.78. The van der Waals surface area contributed by atoms with Crippen molar-refractivity contribution in [1.29, 1.82) is 0 Å². The maximum Gasteiger partial charge on any atom is 0.225 e. The van der Waals surface area contributed by atoms with Gasteiger partial charge in [0.2, 0.25) is 17.7 Å². The highest BCUT2D eigenvalue weighted by atomic mass is 16.5. The van der Waals surface area contributed by atoms with Crippen LogP contribution in [0.1, 0.15) is 30.4 Å². The minimum Gasteiger partial charge on any atom is -0.481 e. The lowest BCUT2D eigenvalue weighted by atomic mass is 9.85. The third kappa shape index (κ3) is 3.15. The van der Waals surface area contributed by atoms with Gasteiger partial charge in [-0.2, -0.15) is 0 Å². The monoisotopic (exact) mass is 311 g/mol. The Bertz CT molecular complexity index is 773. The summed E-state index contributed by atoms with van der Waals surface area (Å²) in [6.45, 7) is 1.45. The van der Waals surface area contributed by atoms with E-state index in [1.54, 1.807) is 19.4 Å². The van der Waals surface area contributed by atoms with E-state index in [2.05, 4.69) is 15.6 Å². The number of anilines is 2. The van der Waals surface area contributed by atoms with Gasteiger partial charge in [0.05, 0.1) is 7.11 Å². The smallest absolute Gasteiger partial charge is 0.225 e. The molecule has 2 aromatic rings. The molecule has 6 heteroatoms. The number of methoxy groups -OCH3 is 1. The van der Waals surface area contributed by atoms with Crippen molar-refractivity contribution < 1.29 is 14.3 Å². The normalized spacial score (nSPS) is 16.3. The first-order chi connectivity index (χ1) is 11.1. The summed E-state index contributed by atoms with van der Waals surface area (Å²) < 4.78 is 5.16. The first-order valence-electron chi connectivity index (χ1n) is 7.28. The molecule has 2 N–H and O–H groups in total. The second-order valence-corrected chi connectivity index (χ2v) is 5.42. The van der Waals surface area contributed by atoms with Crippen molar-refractivity contribution in [3.05, 3.63) is 47.7 Å². The number of nitrogens with one attached hydrogen (secondary N) is 2. The number of aromatic nitrogens is 1. The Labute approximate surface area is 133 Å². The molecule has 0 radical (unpaired) electrons. The molecule has 1 aromatic heterocycles. The Morgan fingerprint density at radius 2 is 2.17 bits per heavy atom. The Balaban J connectivity index is 2.01. The molecule has 1 atom stereocenters. The zero-order valence-electron chi connectivity index (χ0n) is 12.9. The minimum absolute atomic E-state index is 0.0572. The second-order valence-electron chi connectivity index (χ2n) is 5.42. The molecule has 2 heterocycles. The molecule has 2 amide bonds. The van der Waals surface area contributed by atoms with Crippen LogP contribution < -0.4 is 15.4 Å². The minimum atomic E-state index is -0.150. The summed E-state index contributed by atoms with van der Waals surface area (Å²) in [6, 6.07) is 9.27. The molecule has 0 fully saturated rings. The molecule has 23 heavy (non-hydrogen) atoms. The van der Waals surface area contributed by atoms with Gasteiger partial charge in [-0.25, -0.2) is 4.98 Å². The number of carbonyl (C=O) groups excluding carboxylic acids is 2. The third-order valence-corrected chi connectivity index (χ3v) is 3.78. The fourth-order valence-electron chi connectivity index (χ4n) is 2.80. The van der Waals surface area contributed by atoms with Crippen LogP contribution in [-0.2, 0) is 9.59 Å². The van der Waals surface area contributed by atoms with Crippen LogP contribution >= 0.6 is 0 Å². The number of rotatable bonds is 3. The maximum absolute atomic E-state index is 12.1. The molecule has 1 aliphatic rings. The van der Waals surface area contributed by atoms with Crippen LogP contribution in [0.4, 0.5) is 11.4 Å². The van der Waals surface area contributed by atoms with Gasteiger partial charge in [-0.05, 0) is 29.3 Å². The molecule has 0 saturated heterocycles. The van der Waals surface area contributed by atoms with E-state index in [-0.39, 0.29) is 17.7 Å². The molecule has 1 aromatic carbocycles. The Morgan fingerprint density at radius 3 is 2.91 bits per heavy atom. The van der Waals surface area contributed by atoms with E-state index in [4.69, 9.17) is 4.74 Å². The number of amides is 2. The van der Waals surface area contributed by atoms with Crippen molar-refractivity contribution >= 4 is 23.2 Å². The molecule has 1 unspecified atom stereocenters. The highest BCUT2D eigenvalue weighted by Crippen LogP contribution is 2.38. The van der Waals surface area contributed by atoms with E-state index in [0.717, 1.165) is 11.1 Å². The lowest BCUT2D eigenvalue weighted by Gasteiger charge is -2.26. The van der Waals surface area contributed by atoms with Crippen molar-refractivity contribution in [3.8, 4) is 5.88 Å². The molecule has 0 bridgehead atoms. The average molecular weight is 311 g/mol. The topological polar surface area (TPSA) is 80.3 Å². The number of hydrogen-bond acceptors (Lipinski definition) is 4. The summed E-state index contributed by atoms with van der Waals surface area (Å²) >= 11 is 0. The first-order valence-corrected chi connectivity index (χ1v) is 7.28. The molecule has 118 valence electrons. The van der Waals surface area contributed by atoms with Gasteiger partial charge < -0.3 is 15.4 Å². The standard InChI is InChI=1S/C17H17N3O3/c1-10(21)19-12-3-4-13-14(9-16(22)20-15(13)8-12)11-5-6-18-17(7-11)23-2/h3-8,14H,9H2,1-2H3,(H,19,21)(H,20,22). The number of carbonyl (C=O) groups is 2. The summed E-state index contributed by atoms with van der Waals surface area (Å²) in [5.41, 5.74) is 3.35. The van der Waals surface area contributed by atoms with Gasteiger partial charge >= 0.3 is 0 Å². The van der Waals surface area contributed by atoms with Crippen LogP contribution in [-0.4, -0.2) is 23.9 Å². The van der Waals surface area contributed by atoms with Gasteiger partial charge in [-0.15, -0.1) is 0 Å². The van der Waals surface area contributed by atoms with Gasteiger partial charge in [0, 0.05) is 42.9 Å². The zero-order valence-corrected chi connectivity index (χ0v) is 12.9. The number of pyridine rings is 1. The molecule has 3 rings (SSSR count). The highest BCUT2D eigenvalue weighted by Gasteiger charge is 2.27. The Hall–Kier alpha value is -2.89. The first kappa shape index (κ1) is 15.0. The van der Waals surface area contributed by atoms with Crippen molar-refractivity contribution in [2.24, 2.45) is 0 Å². The molecule has 0 saturated carbocycles. The van der Waals surface area contributed by atoms with E-state index in [0.29, 0.717) is 23.7 Å². The predicted molar refractivity (Wildman–Crippen MR) is 86.6 cm³/mol. The van der Waals surface area contributed by atoms with Crippen molar-refractivity contribution in [3.63, 3.8) is 0 Å². The zero-order chi connectivity index (χ0) is 16.4. The van der Waals surface area contributed by atoms with Crippen LogP contribution in [0, 0.1) is 0 Å². The van der Waals surface area contributed by atoms with Crippen LogP contribution in [0.2, 0.25) is 0 Å². The summed E-state index contributed by atoms with van der Waals surface area (Å²) in [5, 5.41) is 5.59. The van der Waals surface area contributed by atoms with E-state index in [1.807, 2.05) is 24.3 Å². The van der Waals surface area contributed by atoms with E-state index >= 15 is 0 Å². The van der Waals surface area contributed by atoms with Gasteiger partial charge in [0.25, 0.3) is 0 Å². The van der Waals surface area contributed by atoms with Crippen LogP contribution in [0.15, 0.2) is 36.5 Å². The number of hydrogen-bond donors (Lipinski definition) is 2. The highest BCUT2D eigenvalue weighted by molar-refractivity contribution is 5.97. The molecule has 1 aliphatic heterocycles. The number of nitrogens with zero attached hydrogens (tertiary/aromatic N) is 1. The van der Waals surface area contributed by atoms with Gasteiger partial charge in [0.1, 0.15) is 0 Å². The van der Waals surface area contributed by atoms with E-state index in [1.165, 1.54) is 6.92 Å². The fourth-order valence-corrected chi connectivity index (χ4v) is 2.80. The quantitative estimate of drug-likeness (QED) is 0.913. The second kappa shape index (κ2) is 6.08. The molecule has 0 spiro atoms. The van der Waals surface area contributed by atoms with Crippen LogP contribution in [0.3, 0.4) is 0 Å². The van der Waals surface area contributed by atoms with Gasteiger partial charge in [-0.1, -0.05) is 6.07 Å². The Kier molecular flexibility index (Phi) is 3.97. The Morgan fingerprint density at radius 1 is 1.35 bits per heavy atom.